The van der Waals surface area contributed by atoms with Gasteiger partial charge in [0.15, 0.2) is 0 Å². The Balaban J connectivity index is 2.40. The lowest BCUT2D eigenvalue weighted by Crippen LogP contribution is -2.45. The lowest BCUT2D eigenvalue weighted by Gasteiger charge is -2.29. The second-order valence-corrected chi connectivity index (χ2v) is 9.27. The van der Waals surface area contributed by atoms with Crippen molar-refractivity contribution in [1.29, 1.82) is 0 Å². The summed E-state index contributed by atoms with van der Waals surface area (Å²) in [6.45, 7) is 7.29. The number of nitrogens with zero attached hydrogens (tertiary/aromatic N) is 1. The van der Waals surface area contributed by atoms with Crippen LogP contribution >= 0.6 is 23.2 Å². The molecule has 0 aliphatic heterocycles. The topological polar surface area (TPSA) is 66.5 Å². The van der Waals surface area contributed by atoms with Crippen LogP contribution in [0.3, 0.4) is 0 Å². The molecule has 27 heavy (non-hydrogen) atoms. The van der Waals surface area contributed by atoms with Gasteiger partial charge in [-0.1, -0.05) is 40.9 Å². The fourth-order valence-corrected chi connectivity index (χ4v) is 4.49. The predicted octanol–water partition coefficient (Wildman–Crippen LogP) is 4.71. The van der Waals surface area contributed by atoms with Gasteiger partial charge < -0.3 is 5.32 Å². The van der Waals surface area contributed by atoms with Gasteiger partial charge in [0.25, 0.3) is 0 Å². The minimum Gasteiger partial charge on any atom is -0.324 e. The lowest BCUT2D eigenvalue weighted by molar-refractivity contribution is -0.116. The number of carbonyl (C=O) groups is 1. The molecular weight excluding hydrogens is 407 g/mol. The van der Waals surface area contributed by atoms with E-state index in [0.29, 0.717) is 10.7 Å². The number of nitrogens with one attached hydrogen (secondary N) is 1. The number of aryl methyl sites for hydroxylation is 3. The van der Waals surface area contributed by atoms with Gasteiger partial charge in [-0.25, -0.2) is 8.42 Å². The fraction of sp³-hybridized carbons (Fsp3) is 0.316. The number of anilines is 2. The van der Waals surface area contributed by atoms with Gasteiger partial charge >= 0.3 is 0 Å². The lowest BCUT2D eigenvalue weighted by atomic mass is 10.0. The molecule has 5 nitrogen and oxygen atoms in total. The molecule has 1 N–H and O–H groups in total. The minimum absolute atomic E-state index is 0.209. The smallest absolute Gasteiger partial charge is 0.248 e. The van der Waals surface area contributed by atoms with Crippen molar-refractivity contribution in [2.24, 2.45) is 0 Å². The first-order chi connectivity index (χ1) is 12.4. The Bertz CT molecular complexity index is 967. The number of hydrogen-bond acceptors (Lipinski definition) is 3. The number of carbonyl (C=O) groups excluding carboxylic acids is 1. The maximum Gasteiger partial charge on any atom is 0.248 e. The summed E-state index contributed by atoms with van der Waals surface area (Å²) in [7, 11) is -3.74. The van der Waals surface area contributed by atoms with E-state index in [1.807, 2.05) is 32.9 Å². The van der Waals surface area contributed by atoms with Crippen molar-refractivity contribution in [3.05, 3.63) is 57.1 Å². The third-order valence-corrected chi connectivity index (χ3v) is 6.15. The summed E-state index contributed by atoms with van der Waals surface area (Å²) in [5, 5.41) is 3.36. The van der Waals surface area contributed by atoms with Crippen molar-refractivity contribution in [3.63, 3.8) is 0 Å². The third kappa shape index (κ3) is 4.94. The Morgan fingerprint density at radius 1 is 1.04 bits per heavy atom. The maximum absolute atomic E-state index is 12.8. The number of amides is 1. The highest BCUT2D eigenvalue weighted by Crippen LogP contribution is 2.30. The van der Waals surface area contributed by atoms with Crippen LogP contribution in [-0.4, -0.2) is 26.6 Å². The number of hydrogen-bond donors (Lipinski definition) is 1. The zero-order chi connectivity index (χ0) is 20.5. The number of halogens is 2. The van der Waals surface area contributed by atoms with Crippen LogP contribution in [0, 0.1) is 20.8 Å². The Kier molecular flexibility index (Phi) is 6.45. The van der Waals surface area contributed by atoms with Crippen molar-refractivity contribution >= 4 is 50.5 Å². The number of sulfonamides is 1. The monoisotopic (exact) mass is 428 g/mol. The molecule has 0 saturated heterocycles. The molecule has 0 aliphatic carbocycles. The van der Waals surface area contributed by atoms with E-state index in [1.54, 1.807) is 0 Å². The average Bonchev–Trinajstić information content (AvgIpc) is 2.52. The Morgan fingerprint density at radius 2 is 1.59 bits per heavy atom. The number of benzene rings is 2. The van der Waals surface area contributed by atoms with Gasteiger partial charge in [0.05, 0.1) is 22.0 Å². The van der Waals surface area contributed by atoms with Gasteiger partial charge in [-0.2, -0.15) is 0 Å². The van der Waals surface area contributed by atoms with Crippen LogP contribution < -0.4 is 9.62 Å². The molecule has 0 heterocycles. The van der Waals surface area contributed by atoms with Crippen LogP contribution in [0.15, 0.2) is 30.3 Å². The maximum atomic E-state index is 12.8. The highest BCUT2D eigenvalue weighted by Gasteiger charge is 2.30. The highest BCUT2D eigenvalue weighted by atomic mass is 35.5. The summed E-state index contributed by atoms with van der Waals surface area (Å²) < 4.78 is 25.8. The summed E-state index contributed by atoms with van der Waals surface area (Å²) >= 11 is 11.9. The first-order valence-electron chi connectivity index (χ1n) is 8.25. The van der Waals surface area contributed by atoms with Gasteiger partial charge in [-0.15, -0.1) is 0 Å². The second kappa shape index (κ2) is 8.09. The summed E-state index contributed by atoms with van der Waals surface area (Å²) in [4.78, 5) is 12.8. The van der Waals surface area contributed by atoms with Crippen molar-refractivity contribution in [2.75, 3.05) is 15.9 Å². The van der Waals surface area contributed by atoms with Crippen LogP contribution in [0.1, 0.15) is 23.6 Å². The van der Waals surface area contributed by atoms with Gasteiger partial charge in [0, 0.05) is 5.69 Å². The van der Waals surface area contributed by atoms with Crippen LogP contribution in [0.25, 0.3) is 0 Å². The first-order valence-corrected chi connectivity index (χ1v) is 10.9. The standard InChI is InChI=1S/C19H22Cl2N2O3S/c1-11-8-12(2)18(13(3)9-11)22-19(24)14(4)23(27(5,25)26)15-6-7-16(20)17(21)10-15/h6-10,14H,1-5H3,(H,22,24). The molecule has 0 aromatic heterocycles. The molecule has 0 radical (unpaired) electrons. The molecule has 0 bridgehead atoms. The van der Waals surface area contributed by atoms with Crippen LogP contribution in [-0.2, 0) is 14.8 Å². The molecule has 1 atom stereocenters. The molecule has 2 aromatic carbocycles. The molecule has 0 spiro atoms. The van der Waals surface area contributed by atoms with E-state index >= 15 is 0 Å². The Hall–Kier alpha value is -1.76. The van der Waals surface area contributed by atoms with Gasteiger partial charge in [0.2, 0.25) is 15.9 Å². The van der Waals surface area contributed by atoms with Gasteiger partial charge in [-0.3, -0.25) is 9.10 Å². The molecule has 0 aliphatic rings. The SMILES string of the molecule is Cc1cc(C)c(NC(=O)C(C)N(c2ccc(Cl)c(Cl)c2)S(C)(=O)=O)c(C)c1. The zero-order valence-electron chi connectivity index (χ0n) is 15.8. The second-order valence-electron chi connectivity index (χ2n) is 6.60. The van der Waals surface area contributed by atoms with Crippen LogP contribution in [0.2, 0.25) is 10.0 Å². The van der Waals surface area contributed by atoms with E-state index in [2.05, 4.69) is 5.32 Å². The van der Waals surface area contributed by atoms with E-state index in [0.717, 1.165) is 27.3 Å². The molecular formula is C19H22Cl2N2O3S. The van der Waals surface area contributed by atoms with Crippen molar-refractivity contribution in [1.82, 2.24) is 0 Å². The Labute approximate surface area is 170 Å². The quantitative estimate of drug-likeness (QED) is 0.749. The first kappa shape index (κ1) is 21.5. The molecule has 8 heteroatoms. The van der Waals surface area contributed by atoms with E-state index < -0.39 is 22.0 Å². The van der Waals surface area contributed by atoms with Crippen molar-refractivity contribution in [3.8, 4) is 0 Å². The summed E-state index contributed by atoms with van der Waals surface area (Å²) in [5.74, 6) is -0.443. The fourth-order valence-electron chi connectivity index (χ4n) is 3.04. The van der Waals surface area contributed by atoms with E-state index in [9.17, 15) is 13.2 Å². The molecule has 146 valence electrons. The van der Waals surface area contributed by atoms with E-state index in [1.165, 1.54) is 25.1 Å². The zero-order valence-corrected chi connectivity index (χ0v) is 18.1. The van der Waals surface area contributed by atoms with Crippen molar-refractivity contribution < 1.29 is 13.2 Å². The number of rotatable bonds is 5. The third-order valence-electron chi connectivity index (χ3n) is 4.17. The molecule has 0 saturated carbocycles. The largest absolute Gasteiger partial charge is 0.324 e. The summed E-state index contributed by atoms with van der Waals surface area (Å²) in [6, 6.07) is 7.37. The molecule has 1 unspecified atom stereocenters. The molecule has 2 rings (SSSR count). The molecule has 1 amide bonds. The summed E-state index contributed by atoms with van der Waals surface area (Å²) in [5.41, 5.74) is 3.86. The predicted molar refractivity (Wildman–Crippen MR) is 113 cm³/mol. The molecule has 2 aromatic rings. The Morgan fingerprint density at radius 3 is 2.07 bits per heavy atom. The van der Waals surface area contributed by atoms with E-state index in [-0.39, 0.29) is 10.7 Å². The average molecular weight is 429 g/mol. The highest BCUT2D eigenvalue weighted by molar-refractivity contribution is 7.92. The van der Waals surface area contributed by atoms with Crippen LogP contribution in [0.5, 0.6) is 0 Å². The van der Waals surface area contributed by atoms with Gasteiger partial charge in [-0.05, 0) is 57.0 Å². The van der Waals surface area contributed by atoms with E-state index in [4.69, 9.17) is 23.2 Å². The van der Waals surface area contributed by atoms with Crippen LogP contribution in [0.4, 0.5) is 11.4 Å². The van der Waals surface area contributed by atoms with Crippen molar-refractivity contribution in [2.45, 2.75) is 33.7 Å². The molecule has 0 fully saturated rings. The summed E-state index contributed by atoms with van der Waals surface area (Å²) in [6.07, 6.45) is 1.04. The normalized spacial score (nSPS) is 12.6. The van der Waals surface area contributed by atoms with Gasteiger partial charge in [0.1, 0.15) is 6.04 Å². The minimum atomic E-state index is -3.74.